The van der Waals surface area contributed by atoms with Crippen molar-refractivity contribution in [1.29, 1.82) is 0 Å². The Morgan fingerprint density at radius 3 is 2.47 bits per heavy atom. The first-order valence-electron chi connectivity index (χ1n) is 10.2. The number of Topliss-reactive ketones (excluding diaryl/α,β-unsaturated/α-hetero) is 1. The number of hydrogen-bond acceptors (Lipinski definition) is 7. The number of nitrogens with one attached hydrogen (secondary N) is 2. The molecule has 2 saturated carbocycles. The van der Waals surface area contributed by atoms with E-state index in [-0.39, 0.29) is 23.5 Å². The molecule has 0 unspecified atom stereocenters. The maximum atomic E-state index is 12.3. The lowest BCUT2D eigenvalue weighted by Gasteiger charge is -2.36. The molecule has 0 aromatic heterocycles. The van der Waals surface area contributed by atoms with Crippen LogP contribution < -0.4 is 20.1 Å². The molecule has 2 atom stereocenters. The van der Waals surface area contributed by atoms with Crippen LogP contribution in [0.4, 0.5) is 10.5 Å². The summed E-state index contributed by atoms with van der Waals surface area (Å²) >= 11 is 0. The summed E-state index contributed by atoms with van der Waals surface area (Å²) in [4.78, 5) is 48.4. The van der Waals surface area contributed by atoms with Gasteiger partial charge in [0.05, 0.1) is 5.92 Å². The van der Waals surface area contributed by atoms with Crippen molar-refractivity contribution in [3.05, 3.63) is 18.2 Å². The third kappa shape index (κ3) is 4.55. The zero-order valence-corrected chi connectivity index (χ0v) is 16.5. The summed E-state index contributed by atoms with van der Waals surface area (Å²) in [7, 11) is 0. The van der Waals surface area contributed by atoms with Gasteiger partial charge < -0.3 is 19.5 Å². The lowest BCUT2D eigenvalue weighted by atomic mass is 9.67. The van der Waals surface area contributed by atoms with Crippen LogP contribution in [0.5, 0.6) is 11.5 Å². The molecule has 0 radical (unpaired) electrons. The van der Waals surface area contributed by atoms with Crippen molar-refractivity contribution < 1.29 is 33.4 Å². The van der Waals surface area contributed by atoms with Crippen molar-refractivity contribution in [2.75, 3.05) is 25.1 Å². The molecule has 30 heavy (non-hydrogen) atoms. The fourth-order valence-corrected chi connectivity index (χ4v) is 4.37. The van der Waals surface area contributed by atoms with Crippen LogP contribution in [-0.2, 0) is 19.1 Å². The van der Waals surface area contributed by atoms with Gasteiger partial charge in [0, 0.05) is 23.6 Å². The molecule has 160 valence electrons. The maximum Gasteiger partial charge on any atom is 0.325 e. The molecule has 0 saturated heterocycles. The molecule has 9 nitrogen and oxygen atoms in total. The van der Waals surface area contributed by atoms with Gasteiger partial charge in [0.2, 0.25) is 0 Å². The zero-order valence-electron chi connectivity index (χ0n) is 16.5. The Balaban J connectivity index is 1.22. The summed E-state index contributed by atoms with van der Waals surface area (Å²) < 4.78 is 15.9. The quantitative estimate of drug-likeness (QED) is 0.721. The van der Waals surface area contributed by atoms with Gasteiger partial charge in [-0.1, -0.05) is 6.42 Å². The molecule has 3 amide bonds. The summed E-state index contributed by atoms with van der Waals surface area (Å²) in [5.41, 5.74) is 0.431. The minimum absolute atomic E-state index is 0.0688. The number of imide groups is 1. The monoisotopic (exact) mass is 416 g/mol. The minimum Gasteiger partial charge on any atom is -0.486 e. The number of fused-ring (bicyclic) bond motifs is 3. The fraction of sp³-hybridized carbons (Fsp3) is 0.524. The van der Waals surface area contributed by atoms with E-state index in [0.29, 0.717) is 43.2 Å². The standard InChI is InChI=1S/C21H24N2O7/c24-18(11-30-20(26)14-8-12-2-1-3-13(9-14)19(12)25)23-21(27)22-15-4-5-16-17(10-15)29-7-6-28-16/h4-5,10,12-14H,1-3,6-9,11H2,(H2,22,23,24,27)/t12-,13-/m0/s1. The lowest BCUT2D eigenvalue weighted by Crippen LogP contribution is -2.41. The molecule has 2 fully saturated rings. The van der Waals surface area contributed by atoms with Crippen LogP contribution in [0.1, 0.15) is 32.1 Å². The highest BCUT2D eigenvalue weighted by molar-refractivity contribution is 6.02. The first-order chi connectivity index (χ1) is 14.5. The van der Waals surface area contributed by atoms with Gasteiger partial charge in [-0.15, -0.1) is 0 Å². The Morgan fingerprint density at radius 1 is 1.03 bits per heavy atom. The molecule has 2 N–H and O–H groups in total. The van der Waals surface area contributed by atoms with Gasteiger partial charge in [0.25, 0.3) is 5.91 Å². The number of anilines is 1. The van der Waals surface area contributed by atoms with Crippen LogP contribution in [0.3, 0.4) is 0 Å². The number of carbonyl (C=O) groups is 4. The van der Waals surface area contributed by atoms with E-state index in [1.54, 1.807) is 18.2 Å². The summed E-state index contributed by atoms with van der Waals surface area (Å²) in [6.07, 6.45) is 3.63. The molecule has 4 rings (SSSR count). The van der Waals surface area contributed by atoms with Crippen LogP contribution in [0.15, 0.2) is 18.2 Å². The first kappa shape index (κ1) is 20.2. The van der Waals surface area contributed by atoms with Gasteiger partial charge in [-0.25, -0.2) is 4.79 Å². The molecule has 1 aromatic carbocycles. The third-order valence-electron chi connectivity index (χ3n) is 5.78. The van der Waals surface area contributed by atoms with E-state index in [2.05, 4.69) is 10.6 Å². The van der Waals surface area contributed by atoms with Crippen LogP contribution in [-0.4, -0.2) is 43.5 Å². The number of ketones is 1. The van der Waals surface area contributed by atoms with Crippen molar-refractivity contribution in [2.45, 2.75) is 32.1 Å². The largest absolute Gasteiger partial charge is 0.486 e. The van der Waals surface area contributed by atoms with Crippen molar-refractivity contribution in [1.82, 2.24) is 5.32 Å². The number of carbonyl (C=O) groups excluding carboxylic acids is 4. The highest BCUT2D eigenvalue weighted by atomic mass is 16.6. The van der Waals surface area contributed by atoms with Crippen LogP contribution in [0, 0.1) is 17.8 Å². The number of urea groups is 1. The van der Waals surface area contributed by atoms with Gasteiger partial charge in [-0.3, -0.25) is 19.7 Å². The Bertz CT molecular complexity index is 853. The second-order valence-corrected chi connectivity index (χ2v) is 7.86. The van der Waals surface area contributed by atoms with E-state index in [9.17, 15) is 19.2 Å². The number of benzene rings is 1. The average Bonchev–Trinajstić information content (AvgIpc) is 2.71. The Morgan fingerprint density at radius 2 is 1.73 bits per heavy atom. The van der Waals surface area contributed by atoms with Crippen LogP contribution in [0.25, 0.3) is 0 Å². The lowest BCUT2D eigenvalue weighted by molar-refractivity contribution is -0.156. The van der Waals surface area contributed by atoms with E-state index in [4.69, 9.17) is 14.2 Å². The highest BCUT2D eigenvalue weighted by Crippen LogP contribution is 2.40. The predicted molar refractivity (Wildman–Crippen MR) is 104 cm³/mol. The summed E-state index contributed by atoms with van der Waals surface area (Å²) in [5, 5.41) is 4.64. The fourth-order valence-electron chi connectivity index (χ4n) is 4.37. The number of rotatable bonds is 4. The summed E-state index contributed by atoms with van der Waals surface area (Å²) in [6.45, 7) is 0.336. The Labute approximate surface area is 173 Å². The smallest absolute Gasteiger partial charge is 0.325 e. The van der Waals surface area contributed by atoms with E-state index in [1.807, 2.05) is 0 Å². The molecule has 1 aliphatic heterocycles. The molecule has 9 heteroatoms. The molecule has 1 aromatic rings. The first-order valence-corrected chi connectivity index (χ1v) is 10.2. The van der Waals surface area contributed by atoms with Gasteiger partial charge in [0.15, 0.2) is 18.1 Å². The molecule has 1 heterocycles. The van der Waals surface area contributed by atoms with Crippen molar-refractivity contribution in [2.24, 2.45) is 17.8 Å². The van der Waals surface area contributed by atoms with E-state index >= 15 is 0 Å². The van der Waals surface area contributed by atoms with Crippen molar-refractivity contribution in [3.63, 3.8) is 0 Å². The Hall–Kier alpha value is -3.10. The highest BCUT2D eigenvalue weighted by Gasteiger charge is 2.41. The van der Waals surface area contributed by atoms with E-state index in [0.717, 1.165) is 19.3 Å². The minimum atomic E-state index is -0.745. The van der Waals surface area contributed by atoms with Crippen LogP contribution >= 0.6 is 0 Å². The summed E-state index contributed by atoms with van der Waals surface area (Å²) in [6, 6.07) is 4.14. The normalized spacial score (nSPS) is 24.5. The van der Waals surface area contributed by atoms with Gasteiger partial charge >= 0.3 is 12.0 Å². The zero-order chi connectivity index (χ0) is 21.1. The average molecular weight is 416 g/mol. The van der Waals surface area contributed by atoms with Gasteiger partial charge in [-0.2, -0.15) is 0 Å². The second kappa shape index (κ2) is 8.73. The van der Waals surface area contributed by atoms with E-state index < -0.39 is 24.5 Å². The molecule has 2 aliphatic carbocycles. The van der Waals surface area contributed by atoms with Crippen molar-refractivity contribution in [3.8, 4) is 11.5 Å². The Kier molecular flexibility index (Phi) is 5.87. The molecular weight excluding hydrogens is 392 g/mol. The molecule has 3 aliphatic rings. The van der Waals surface area contributed by atoms with Crippen molar-refractivity contribution >= 4 is 29.4 Å². The second-order valence-electron chi connectivity index (χ2n) is 7.86. The number of amides is 3. The van der Waals surface area contributed by atoms with Crippen LogP contribution in [0.2, 0.25) is 0 Å². The predicted octanol–water partition coefficient (Wildman–Crippen LogP) is 2.04. The number of ether oxygens (including phenoxy) is 3. The molecular formula is C21H24N2O7. The maximum absolute atomic E-state index is 12.3. The number of esters is 1. The molecule has 0 spiro atoms. The summed E-state index contributed by atoms with van der Waals surface area (Å²) in [5.74, 6) is -0.358. The third-order valence-corrected chi connectivity index (χ3v) is 5.78. The van der Waals surface area contributed by atoms with Gasteiger partial charge in [-0.05, 0) is 37.8 Å². The number of hydrogen-bond donors (Lipinski definition) is 2. The van der Waals surface area contributed by atoms with Gasteiger partial charge in [0.1, 0.15) is 19.0 Å². The SMILES string of the molecule is O=C(COC(=O)C1C[C@@H]2CCC[C@@H](C1)C2=O)NC(=O)Nc1ccc2c(c1)OCCO2. The van der Waals surface area contributed by atoms with E-state index in [1.165, 1.54) is 0 Å². The topological polar surface area (TPSA) is 120 Å². The molecule has 2 bridgehead atoms.